The SMILES string of the molecule is CC(C)(C)C(=O)OC[C@@H]1O[C@H](/N=C/c2ccccc2O)[C@@H](OC(=O)C(C)(C)C)[C@H](OC(=O)C(C)(C)C)[C@H]1OC(=O)C(C)(C)C. The number of phenolic OH excluding ortho intramolecular Hbond substituents is 1. The molecule has 11 nitrogen and oxygen atoms in total. The van der Waals surface area contributed by atoms with Gasteiger partial charge in [-0.1, -0.05) is 12.1 Å². The molecule has 1 heterocycles. The second-order valence-corrected chi connectivity index (χ2v) is 15.1. The first-order chi connectivity index (χ1) is 19.9. The fourth-order valence-corrected chi connectivity index (χ4v) is 3.58. The summed E-state index contributed by atoms with van der Waals surface area (Å²) < 4.78 is 29.7. The lowest BCUT2D eigenvalue weighted by molar-refractivity contribution is -0.258. The molecule has 0 unspecified atom stereocenters. The summed E-state index contributed by atoms with van der Waals surface area (Å²) in [7, 11) is 0. The summed E-state index contributed by atoms with van der Waals surface area (Å²) in [6.45, 7) is 19.5. The van der Waals surface area contributed by atoms with E-state index in [-0.39, 0.29) is 12.4 Å². The summed E-state index contributed by atoms with van der Waals surface area (Å²) in [4.78, 5) is 57.0. The van der Waals surface area contributed by atoms with Gasteiger partial charge in [-0.25, -0.2) is 0 Å². The molecular weight excluding hydrogens is 570 g/mol. The van der Waals surface area contributed by atoms with Gasteiger partial charge in [-0.2, -0.15) is 0 Å². The second kappa shape index (κ2) is 13.7. The largest absolute Gasteiger partial charge is 0.507 e. The van der Waals surface area contributed by atoms with Crippen LogP contribution in [-0.4, -0.2) is 72.4 Å². The highest BCUT2D eigenvalue weighted by Crippen LogP contribution is 2.34. The van der Waals surface area contributed by atoms with Gasteiger partial charge < -0.3 is 28.8 Å². The van der Waals surface area contributed by atoms with E-state index in [1.54, 1.807) is 101 Å². The van der Waals surface area contributed by atoms with E-state index in [1.807, 2.05) is 0 Å². The molecule has 44 heavy (non-hydrogen) atoms. The van der Waals surface area contributed by atoms with Crippen LogP contribution in [0, 0.1) is 21.7 Å². The summed E-state index contributed by atoms with van der Waals surface area (Å²) in [6.07, 6.45) is -5.31. The van der Waals surface area contributed by atoms with Gasteiger partial charge >= 0.3 is 23.9 Å². The maximum absolute atomic E-state index is 13.3. The van der Waals surface area contributed by atoms with Gasteiger partial charge in [0, 0.05) is 11.8 Å². The van der Waals surface area contributed by atoms with Gasteiger partial charge in [0.2, 0.25) is 0 Å². The Morgan fingerprint density at radius 3 is 1.59 bits per heavy atom. The fraction of sp³-hybridized carbons (Fsp3) is 0.667. The van der Waals surface area contributed by atoms with Crippen LogP contribution in [0.2, 0.25) is 0 Å². The molecule has 1 aliphatic heterocycles. The van der Waals surface area contributed by atoms with Crippen molar-refractivity contribution in [3.63, 3.8) is 0 Å². The van der Waals surface area contributed by atoms with Crippen molar-refractivity contribution in [2.45, 2.75) is 114 Å². The smallest absolute Gasteiger partial charge is 0.311 e. The minimum absolute atomic E-state index is 0.0568. The molecule has 0 bridgehead atoms. The van der Waals surface area contributed by atoms with E-state index in [2.05, 4.69) is 4.99 Å². The molecule has 2 rings (SSSR count). The van der Waals surface area contributed by atoms with Crippen LogP contribution in [0.4, 0.5) is 0 Å². The van der Waals surface area contributed by atoms with E-state index in [9.17, 15) is 24.3 Å². The first-order valence-corrected chi connectivity index (χ1v) is 14.7. The van der Waals surface area contributed by atoms with Crippen molar-refractivity contribution in [1.29, 1.82) is 0 Å². The molecule has 1 fully saturated rings. The minimum atomic E-state index is -1.40. The molecule has 0 aromatic heterocycles. The predicted molar refractivity (Wildman–Crippen MR) is 163 cm³/mol. The highest BCUT2D eigenvalue weighted by atomic mass is 16.7. The third-order valence-electron chi connectivity index (χ3n) is 6.46. The monoisotopic (exact) mass is 619 g/mol. The normalized spacial score (nSPS) is 23.1. The Morgan fingerprint density at radius 2 is 1.14 bits per heavy atom. The van der Waals surface area contributed by atoms with Crippen LogP contribution < -0.4 is 0 Å². The van der Waals surface area contributed by atoms with E-state index in [1.165, 1.54) is 12.3 Å². The fourth-order valence-electron chi connectivity index (χ4n) is 3.58. The Bertz CT molecular complexity index is 1230. The molecule has 1 N–H and O–H groups in total. The van der Waals surface area contributed by atoms with Crippen LogP contribution in [0.5, 0.6) is 5.75 Å². The average molecular weight is 620 g/mol. The minimum Gasteiger partial charge on any atom is -0.507 e. The number of aliphatic imine (C=N–C) groups is 1. The van der Waals surface area contributed by atoms with Crippen molar-refractivity contribution < 1.29 is 48.0 Å². The number of para-hydroxylation sites is 1. The quantitative estimate of drug-likeness (QED) is 0.251. The third-order valence-corrected chi connectivity index (χ3v) is 6.46. The second-order valence-electron chi connectivity index (χ2n) is 15.1. The van der Waals surface area contributed by atoms with Crippen LogP contribution in [0.25, 0.3) is 0 Å². The number of hydrogen-bond donors (Lipinski definition) is 1. The van der Waals surface area contributed by atoms with E-state index < -0.39 is 76.2 Å². The van der Waals surface area contributed by atoms with E-state index in [0.717, 1.165) is 0 Å². The highest BCUT2D eigenvalue weighted by molar-refractivity contribution is 5.83. The topological polar surface area (TPSA) is 147 Å². The lowest BCUT2D eigenvalue weighted by Crippen LogP contribution is -2.63. The molecule has 0 amide bonds. The number of aromatic hydroxyl groups is 1. The molecule has 0 spiro atoms. The average Bonchev–Trinajstić information content (AvgIpc) is 2.87. The Hall–Kier alpha value is -3.47. The van der Waals surface area contributed by atoms with Gasteiger partial charge in [0.15, 0.2) is 24.5 Å². The number of hydrogen-bond acceptors (Lipinski definition) is 11. The Kier molecular flexibility index (Phi) is 11.4. The summed E-state index contributed by atoms with van der Waals surface area (Å²) in [6, 6.07) is 6.44. The molecule has 11 heteroatoms. The highest BCUT2D eigenvalue weighted by Gasteiger charge is 2.54. The van der Waals surface area contributed by atoms with Crippen molar-refractivity contribution in [3.05, 3.63) is 29.8 Å². The molecular formula is C33H49NO10. The van der Waals surface area contributed by atoms with Crippen molar-refractivity contribution in [1.82, 2.24) is 0 Å². The van der Waals surface area contributed by atoms with Crippen LogP contribution in [0.3, 0.4) is 0 Å². The number of carbonyl (C=O) groups is 4. The van der Waals surface area contributed by atoms with Crippen LogP contribution in [-0.2, 0) is 42.9 Å². The molecule has 0 aliphatic carbocycles. The number of benzene rings is 1. The number of rotatable bonds is 7. The number of carbonyl (C=O) groups excluding carboxylic acids is 4. The summed E-state index contributed by atoms with van der Waals surface area (Å²) in [5.41, 5.74) is -3.43. The number of phenols is 1. The van der Waals surface area contributed by atoms with Crippen molar-refractivity contribution in [2.75, 3.05) is 6.61 Å². The zero-order valence-electron chi connectivity index (χ0n) is 28.0. The zero-order valence-corrected chi connectivity index (χ0v) is 28.0. The van der Waals surface area contributed by atoms with Crippen LogP contribution in [0.1, 0.15) is 88.6 Å². The van der Waals surface area contributed by atoms with Gasteiger partial charge in [-0.15, -0.1) is 0 Å². The van der Waals surface area contributed by atoms with E-state index >= 15 is 0 Å². The molecule has 0 radical (unpaired) electrons. The molecule has 246 valence electrons. The standard InChI is InChI=1S/C33H49NO10/c1-30(2,3)26(36)40-18-21-22(42-27(37)31(4,5)6)23(43-28(38)32(7,8)9)24(44-29(39)33(10,11)12)25(41-21)34-17-19-15-13-14-16-20(19)35/h13-17,21-25,35H,18H2,1-12H3/b34-17+/t21-,22-,23+,24-,25-/m0/s1. The van der Waals surface area contributed by atoms with E-state index in [4.69, 9.17) is 23.7 Å². The van der Waals surface area contributed by atoms with Crippen molar-refractivity contribution >= 4 is 30.1 Å². The first kappa shape index (κ1) is 36.7. The first-order valence-electron chi connectivity index (χ1n) is 14.7. The van der Waals surface area contributed by atoms with Gasteiger partial charge in [0.25, 0.3) is 0 Å². The number of nitrogens with zero attached hydrogens (tertiary/aromatic N) is 1. The van der Waals surface area contributed by atoms with Gasteiger partial charge in [-0.05, 0) is 95.2 Å². The van der Waals surface area contributed by atoms with E-state index in [0.29, 0.717) is 5.56 Å². The van der Waals surface area contributed by atoms with Gasteiger partial charge in [-0.3, -0.25) is 24.2 Å². The molecule has 5 atom stereocenters. The lowest BCUT2D eigenvalue weighted by Gasteiger charge is -2.45. The number of esters is 4. The van der Waals surface area contributed by atoms with Gasteiger partial charge in [0.05, 0.1) is 21.7 Å². The maximum Gasteiger partial charge on any atom is 0.311 e. The maximum atomic E-state index is 13.3. The Morgan fingerprint density at radius 1 is 0.705 bits per heavy atom. The lowest BCUT2D eigenvalue weighted by atomic mass is 9.92. The summed E-state index contributed by atoms with van der Waals surface area (Å²) in [5, 5.41) is 10.3. The third kappa shape index (κ3) is 10.0. The molecule has 1 saturated heterocycles. The van der Waals surface area contributed by atoms with Crippen molar-refractivity contribution in [2.24, 2.45) is 26.7 Å². The Balaban J connectivity index is 2.73. The molecule has 0 saturated carbocycles. The van der Waals surface area contributed by atoms with Crippen LogP contribution in [0.15, 0.2) is 29.3 Å². The number of ether oxygens (including phenoxy) is 5. The van der Waals surface area contributed by atoms with Crippen LogP contribution >= 0.6 is 0 Å². The zero-order chi connectivity index (χ0) is 33.8. The Labute approximate surface area is 260 Å². The molecule has 1 aliphatic rings. The summed E-state index contributed by atoms with van der Waals surface area (Å²) >= 11 is 0. The molecule has 1 aromatic carbocycles. The van der Waals surface area contributed by atoms with Gasteiger partial charge in [0.1, 0.15) is 18.5 Å². The summed E-state index contributed by atoms with van der Waals surface area (Å²) in [5.74, 6) is -2.55. The predicted octanol–water partition coefficient (Wildman–Crippen LogP) is 5.00. The molecule has 1 aromatic rings. The van der Waals surface area contributed by atoms with Crippen molar-refractivity contribution in [3.8, 4) is 5.75 Å².